The first-order chi connectivity index (χ1) is 14.1. The van der Waals surface area contributed by atoms with Crippen molar-refractivity contribution in [2.75, 3.05) is 19.0 Å². The van der Waals surface area contributed by atoms with Crippen molar-refractivity contribution in [3.8, 4) is 0 Å². The molecule has 3 heterocycles. The quantitative estimate of drug-likeness (QED) is 0.445. The summed E-state index contributed by atoms with van der Waals surface area (Å²) in [6.45, 7) is 0.918. The lowest BCUT2D eigenvalue weighted by molar-refractivity contribution is 0.102. The summed E-state index contributed by atoms with van der Waals surface area (Å²) >= 11 is 3.46. The van der Waals surface area contributed by atoms with Gasteiger partial charge in [0.05, 0.1) is 5.56 Å². The number of rotatable bonds is 6. The highest BCUT2D eigenvalue weighted by Gasteiger charge is 2.20. The molecule has 0 radical (unpaired) electrons. The fraction of sp³-hybridized carbons (Fsp3) is 0.200. The van der Waals surface area contributed by atoms with Gasteiger partial charge in [-0.1, -0.05) is 15.9 Å². The molecular formula is C20H17BrN4O4. The number of fused-ring (bicyclic) bond motifs is 3. The Bertz CT molecular complexity index is 1250. The van der Waals surface area contributed by atoms with E-state index >= 15 is 0 Å². The number of carbonyl (C=O) groups excluding carboxylic acids is 1. The smallest absolute Gasteiger partial charge is 0.350 e. The highest BCUT2D eigenvalue weighted by Crippen LogP contribution is 2.33. The van der Waals surface area contributed by atoms with E-state index in [-0.39, 0.29) is 5.82 Å². The van der Waals surface area contributed by atoms with Crippen LogP contribution in [-0.4, -0.2) is 34.2 Å². The number of aromatic nitrogens is 3. The topological polar surface area (TPSA) is 99.2 Å². The Kier molecular flexibility index (Phi) is 5.41. The van der Waals surface area contributed by atoms with Gasteiger partial charge in [0.1, 0.15) is 11.1 Å². The molecule has 0 aliphatic rings. The van der Waals surface area contributed by atoms with Gasteiger partial charge in [0.15, 0.2) is 11.4 Å². The van der Waals surface area contributed by atoms with Crippen LogP contribution in [0, 0.1) is 0 Å². The summed E-state index contributed by atoms with van der Waals surface area (Å²) in [6, 6.07) is 8.81. The van der Waals surface area contributed by atoms with Crippen LogP contribution < -0.4 is 11.0 Å². The normalized spacial score (nSPS) is 11.2. The Labute approximate surface area is 173 Å². The van der Waals surface area contributed by atoms with E-state index in [9.17, 15) is 9.59 Å². The molecule has 148 valence electrons. The van der Waals surface area contributed by atoms with Crippen LogP contribution in [0.1, 0.15) is 16.8 Å². The number of amides is 1. The first kappa shape index (κ1) is 19.3. The second-order valence-corrected chi connectivity index (χ2v) is 7.27. The predicted molar refractivity (Wildman–Crippen MR) is 112 cm³/mol. The molecule has 0 atom stereocenters. The Morgan fingerprint density at radius 3 is 2.97 bits per heavy atom. The van der Waals surface area contributed by atoms with Crippen LogP contribution in [-0.2, 0) is 11.3 Å². The minimum Gasteiger partial charge on any atom is -0.450 e. The van der Waals surface area contributed by atoms with Crippen LogP contribution >= 0.6 is 15.9 Å². The summed E-state index contributed by atoms with van der Waals surface area (Å²) in [5, 5.41) is 3.43. The monoisotopic (exact) mass is 456 g/mol. The first-order valence-corrected chi connectivity index (χ1v) is 9.70. The van der Waals surface area contributed by atoms with Crippen molar-refractivity contribution in [1.82, 2.24) is 14.5 Å². The molecule has 4 aromatic rings. The van der Waals surface area contributed by atoms with Gasteiger partial charge in [0.2, 0.25) is 0 Å². The van der Waals surface area contributed by atoms with Crippen LogP contribution in [0.25, 0.3) is 22.1 Å². The van der Waals surface area contributed by atoms with Gasteiger partial charge in [-0.3, -0.25) is 14.3 Å². The molecule has 4 rings (SSSR count). The zero-order valence-corrected chi connectivity index (χ0v) is 17.1. The average Bonchev–Trinajstić information content (AvgIpc) is 3.10. The van der Waals surface area contributed by atoms with E-state index in [0.29, 0.717) is 41.8 Å². The summed E-state index contributed by atoms with van der Waals surface area (Å²) in [6.07, 6.45) is 3.65. The third-order valence-electron chi connectivity index (χ3n) is 4.43. The molecule has 0 bridgehead atoms. The second kappa shape index (κ2) is 8.14. The molecule has 0 aliphatic carbocycles. The highest BCUT2D eigenvalue weighted by atomic mass is 79.9. The van der Waals surface area contributed by atoms with Crippen LogP contribution in [0.5, 0.6) is 0 Å². The first-order valence-electron chi connectivity index (χ1n) is 8.91. The number of nitrogens with zero attached hydrogens (tertiary/aromatic N) is 3. The number of methoxy groups -OCH3 is 1. The molecule has 0 unspecified atom stereocenters. The van der Waals surface area contributed by atoms with Crippen molar-refractivity contribution in [2.24, 2.45) is 0 Å². The van der Waals surface area contributed by atoms with Gasteiger partial charge in [-0.25, -0.2) is 4.79 Å². The van der Waals surface area contributed by atoms with Crippen LogP contribution in [0.15, 0.2) is 56.4 Å². The van der Waals surface area contributed by atoms with E-state index in [2.05, 4.69) is 31.2 Å². The molecule has 29 heavy (non-hydrogen) atoms. The summed E-state index contributed by atoms with van der Waals surface area (Å²) < 4.78 is 13.5. The Hall–Kier alpha value is -3.04. The molecule has 1 N–H and O–H groups in total. The van der Waals surface area contributed by atoms with E-state index in [0.717, 1.165) is 9.86 Å². The lowest BCUT2D eigenvalue weighted by Gasteiger charge is -2.10. The van der Waals surface area contributed by atoms with Crippen LogP contribution in [0.2, 0.25) is 0 Å². The number of pyridine rings is 1. The molecule has 0 saturated carbocycles. The Morgan fingerprint density at radius 2 is 2.21 bits per heavy atom. The number of benzene rings is 1. The molecule has 0 fully saturated rings. The van der Waals surface area contributed by atoms with Gasteiger partial charge in [0.25, 0.3) is 5.91 Å². The summed E-state index contributed by atoms with van der Waals surface area (Å²) in [5.41, 5.74) is 1.39. The van der Waals surface area contributed by atoms with E-state index in [1.807, 2.05) is 12.1 Å². The zero-order valence-electron chi connectivity index (χ0n) is 15.5. The highest BCUT2D eigenvalue weighted by molar-refractivity contribution is 9.10. The fourth-order valence-corrected chi connectivity index (χ4v) is 3.48. The summed E-state index contributed by atoms with van der Waals surface area (Å²) in [5.74, 6) is -0.348. The Morgan fingerprint density at radius 1 is 1.34 bits per heavy atom. The second-order valence-electron chi connectivity index (χ2n) is 6.36. The Balaban J connectivity index is 1.87. The number of anilines is 1. The molecule has 8 nitrogen and oxygen atoms in total. The number of ether oxygens (including phenoxy) is 1. The maximum atomic E-state index is 12.8. The van der Waals surface area contributed by atoms with Gasteiger partial charge < -0.3 is 14.5 Å². The van der Waals surface area contributed by atoms with Gasteiger partial charge in [-0.2, -0.15) is 4.98 Å². The van der Waals surface area contributed by atoms with E-state index in [4.69, 9.17) is 9.15 Å². The van der Waals surface area contributed by atoms with Gasteiger partial charge in [-0.05, 0) is 36.8 Å². The van der Waals surface area contributed by atoms with Crippen LogP contribution in [0.4, 0.5) is 5.82 Å². The fourth-order valence-electron chi connectivity index (χ4n) is 3.12. The predicted octanol–water partition coefficient (Wildman–Crippen LogP) is 3.59. The molecule has 0 spiro atoms. The van der Waals surface area contributed by atoms with Crippen molar-refractivity contribution in [3.05, 3.63) is 63.2 Å². The standard InChI is InChI=1S/C20H17BrN4O4/c1-28-9-3-8-25-16-14-10-13(21)5-6-15(14)29-17(16)18(24-20(25)27)23-19(26)12-4-2-7-22-11-12/h2,4-7,10-11H,3,8-9H2,1H3,(H,23,24,26,27). The van der Waals surface area contributed by atoms with Gasteiger partial charge in [0, 0.05) is 42.5 Å². The number of aryl methyl sites for hydroxylation is 1. The van der Waals surface area contributed by atoms with Crippen molar-refractivity contribution in [3.63, 3.8) is 0 Å². The number of carbonyl (C=O) groups is 1. The lowest BCUT2D eigenvalue weighted by atomic mass is 10.2. The molecular weight excluding hydrogens is 440 g/mol. The SMILES string of the molecule is COCCCn1c(=O)nc(NC(=O)c2cccnc2)c2oc3ccc(Br)cc3c21. The van der Waals surface area contributed by atoms with Crippen molar-refractivity contribution < 1.29 is 13.9 Å². The third-order valence-corrected chi connectivity index (χ3v) is 4.93. The summed E-state index contributed by atoms with van der Waals surface area (Å²) in [7, 11) is 1.61. The molecule has 0 aliphatic heterocycles. The number of hydrogen-bond donors (Lipinski definition) is 1. The van der Waals surface area contributed by atoms with Gasteiger partial charge in [-0.15, -0.1) is 0 Å². The van der Waals surface area contributed by atoms with Crippen molar-refractivity contribution in [2.45, 2.75) is 13.0 Å². The maximum absolute atomic E-state index is 12.8. The molecule has 3 aromatic heterocycles. The number of hydrogen-bond acceptors (Lipinski definition) is 6. The number of furan rings is 1. The zero-order chi connectivity index (χ0) is 20.4. The maximum Gasteiger partial charge on any atom is 0.350 e. The molecule has 1 aromatic carbocycles. The van der Waals surface area contributed by atoms with Crippen molar-refractivity contribution in [1.29, 1.82) is 0 Å². The third kappa shape index (κ3) is 3.79. The minimum atomic E-state index is -0.474. The van der Waals surface area contributed by atoms with E-state index in [1.54, 1.807) is 36.1 Å². The summed E-state index contributed by atoms with van der Waals surface area (Å²) in [4.78, 5) is 33.4. The number of nitrogens with one attached hydrogen (secondary N) is 1. The average molecular weight is 457 g/mol. The van der Waals surface area contributed by atoms with Gasteiger partial charge >= 0.3 is 5.69 Å². The van der Waals surface area contributed by atoms with Crippen LogP contribution in [0.3, 0.4) is 0 Å². The lowest BCUT2D eigenvalue weighted by Crippen LogP contribution is -2.26. The minimum absolute atomic E-state index is 0.0779. The van der Waals surface area contributed by atoms with E-state index in [1.165, 1.54) is 6.20 Å². The largest absolute Gasteiger partial charge is 0.450 e. The molecule has 9 heteroatoms. The van der Waals surface area contributed by atoms with E-state index < -0.39 is 11.6 Å². The number of halogens is 1. The molecule has 0 saturated heterocycles. The van der Waals surface area contributed by atoms with Crippen molar-refractivity contribution >= 4 is 49.7 Å². The molecule has 1 amide bonds.